The van der Waals surface area contributed by atoms with Crippen LogP contribution in [0, 0.1) is 17.1 Å². The van der Waals surface area contributed by atoms with Crippen LogP contribution in [0.1, 0.15) is 28.4 Å². The number of halogens is 1. The number of nitriles is 1. The third kappa shape index (κ3) is 6.92. The van der Waals surface area contributed by atoms with Crippen LogP contribution in [0.3, 0.4) is 0 Å². The lowest BCUT2D eigenvalue weighted by molar-refractivity contribution is -0.112. The van der Waals surface area contributed by atoms with Gasteiger partial charge < -0.3 is 19.5 Å². The fourth-order valence-corrected chi connectivity index (χ4v) is 3.06. The van der Waals surface area contributed by atoms with E-state index in [0.717, 1.165) is 5.56 Å². The first kappa shape index (κ1) is 25.0. The summed E-state index contributed by atoms with van der Waals surface area (Å²) in [5, 5.41) is 12.1. The predicted octanol–water partition coefficient (Wildman–Crippen LogP) is 5.14. The van der Waals surface area contributed by atoms with Gasteiger partial charge >= 0.3 is 5.97 Å². The molecule has 0 bridgehead atoms. The van der Waals surface area contributed by atoms with Crippen LogP contribution in [0.2, 0.25) is 0 Å². The van der Waals surface area contributed by atoms with Gasteiger partial charge in [-0.2, -0.15) is 5.26 Å². The molecule has 0 saturated carbocycles. The zero-order valence-electron chi connectivity index (χ0n) is 19.2. The number of rotatable bonds is 9. The summed E-state index contributed by atoms with van der Waals surface area (Å²) >= 11 is 0. The van der Waals surface area contributed by atoms with Gasteiger partial charge in [0.15, 0.2) is 11.5 Å². The van der Waals surface area contributed by atoms with Crippen LogP contribution >= 0.6 is 0 Å². The number of hydrogen-bond donors (Lipinski definition) is 1. The average molecular weight is 474 g/mol. The summed E-state index contributed by atoms with van der Waals surface area (Å²) in [7, 11) is 1.28. The maximum absolute atomic E-state index is 13.1. The normalized spacial score (nSPS) is 10.7. The molecule has 0 atom stereocenters. The molecule has 8 heteroatoms. The van der Waals surface area contributed by atoms with Gasteiger partial charge in [0.2, 0.25) is 0 Å². The molecule has 0 saturated heterocycles. The fourth-order valence-electron chi connectivity index (χ4n) is 3.06. The predicted molar refractivity (Wildman–Crippen MR) is 128 cm³/mol. The first-order chi connectivity index (χ1) is 16.9. The highest BCUT2D eigenvalue weighted by Crippen LogP contribution is 2.30. The number of carbonyl (C=O) groups excluding carboxylic acids is 2. The molecule has 0 aliphatic carbocycles. The van der Waals surface area contributed by atoms with Crippen molar-refractivity contribution in [3.05, 3.63) is 94.8 Å². The number of hydrogen-bond acceptors (Lipinski definition) is 6. The first-order valence-electron chi connectivity index (χ1n) is 10.7. The zero-order valence-corrected chi connectivity index (χ0v) is 19.2. The second-order valence-electron chi connectivity index (χ2n) is 7.25. The van der Waals surface area contributed by atoms with Crippen molar-refractivity contribution in [2.24, 2.45) is 0 Å². The summed E-state index contributed by atoms with van der Waals surface area (Å²) in [5.74, 6) is -0.500. The van der Waals surface area contributed by atoms with E-state index >= 15 is 0 Å². The molecule has 0 aliphatic heterocycles. The second-order valence-corrected chi connectivity index (χ2v) is 7.25. The second kappa shape index (κ2) is 12.0. The average Bonchev–Trinajstić information content (AvgIpc) is 2.87. The van der Waals surface area contributed by atoms with Gasteiger partial charge in [-0.25, -0.2) is 9.18 Å². The zero-order chi connectivity index (χ0) is 25.2. The van der Waals surface area contributed by atoms with E-state index in [9.17, 15) is 19.2 Å². The summed E-state index contributed by atoms with van der Waals surface area (Å²) in [6.07, 6.45) is 1.43. The Morgan fingerprint density at radius 3 is 2.34 bits per heavy atom. The minimum absolute atomic E-state index is 0.121. The molecule has 0 fully saturated rings. The minimum Gasteiger partial charge on any atom is -0.490 e. The molecule has 35 heavy (non-hydrogen) atoms. The van der Waals surface area contributed by atoms with Crippen molar-refractivity contribution in [2.45, 2.75) is 13.5 Å². The highest BCUT2D eigenvalue weighted by atomic mass is 19.1. The molecule has 0 radical (unpaired) electrons. The quantitative estimate of drug-likeness (QED) is 0.262. The van der Waals surface area contributed by atoms with Gasteiger partial charge in [0.05, 0.1) is 19.3 Å². The van der Waals surface area contributed by atoms with Crippen LogP contribution < -0.4 is 14.8 Å². The molecule has 1 N–H and O–H groups in total. The number of ether oxygens (including phenoxy) is 3. The molecule has 3 aromatic rings. The van der Waals surface area contributed by atoms with Crippen molar-refractivity contribution in [1.82, 2.24) is 0 Å². The largest absolute Gasteiger partial charge is 0.490 e. The number of carbonyl (C=O) groups is 2. The lowest BCUT2D eigenvalue weighted by Crippen LogP contribution is -2.13. The number of nitrogens with zero attached hydrogens (tertiary/aromatic N) is 1. The van der Waals surface area contributed by atoms with Gasteiger partial charge in [-0.15, -0.1) is 0 Å². The lowest BCUT2D eigenvalue weighted by Gasteiger charge is -2.13. The summed E-state index contributed by atoms with van der Waals surface area (Å²) < 4.78 is 29.2. The Morgan fingerprint density at radius 1 is 1.00 bits per heavy atom. The van der Waals surface area contributed by atoms with Crippen molar-refractivity contribution in [1.29, 1.82) is 5.26 Å². The molecule has 0 aromatic heterocycles. The van der Waals surface area contributed by atoms with E-state index in [1.54, 1.807) is 42.5 Å². The van der Waals surface area contributed by atoms with E-state index in [4.69, 9.17) is 9.47 Å². The number of benzene rings is 3. The maximum atomic E-state index is 13.1. The third-order valence-electron chi connectivity index (χ3n) is 4.82. The Hall–Kier alpha value is -4.64. The topological polar surface area (TPSA) is 97.7 Å². The highest BCUT2D eigenvalue weighted by Gasteiger charge is 2.13. The van der Waals surface area contributed by atoms with E-state index in [1.165, 1.54) is 37.5 Å². The van der Waals surface area contributed by atoms with E-state index < -0.39 is 11.9 Å². The molecule has 1 amide bonds. The smallest absolute Gasteiger partial charge is 0.337 e. The summed E-state index contributed by atoms with van der Waals surface area (Å²) in [4.78, 5) is 24.1. The van der Waals surface area contributed by atoms with E-state index in [0.29, 0.717) is 34.9 Å². The SMILES string of the molecule is CCOc1cc(/C=C(\C#N)C(=O)Nc2ccc(C(=O)OC)cc2)ccc1OCc1ccc(F)cc1. The number of anilines is 1. The standard InChI is InChI=1S/C27H23FN2O5/c1-3-34-25-15-19(6-13-24(25)35-17-18-4-9-22(28)10-5-18)14-21(16-29)26(31)30-23-11-7-20(8-12-23)27(32)33-2/h4-15H,3,17H2,1-2H3,(H,30,31)/b21-14+. The minimum atomic E-state index is -0.604. The number of methoxy groups -OCH3 is 1. The van der Waals surface area contributed by atoms with Crippen LogP contribution in [0.4, 0.5) is 10.1 Å². The molecule has 0 aliphatic rings. The third-order valence-corrected chi connectivity index (χ3v) is 4.82. The molecule has 0 unspecified atom stereocenters. The van der Waals surface area contributed by atoms with Crippen molar-refractivity contribution >= 4 is 23.6 Å². The van der Waals surface area contributed by atoms with Crippen LogP contribution in [0.15, 0.2) is 72.3 Å². The Labute approximate surface area is 202 Å². The van der Waals surface area contributed by atoms with E-state index in [2.05, 4.69) is 10.1 Å². The Balaban J connectivity index is 1.74. The van der Waals surface area contributed by atoms with Gasteiger partial charge in [-0.05, 0) is 72.7 Å². The van der Waals surface area contributed by atoms with Gasteiger partial charge in [-0.1, -0.05) is 18.2 Å². The van der Waals surface area contributed by atoms with E-state index in [1.807, 2.05) is 13.0 Å². The van der Waals surface area contributed by atoms with Crippen molar-refractivity contribution < 1.29 is 28.2 Å². The molecule has 0 spiro atoms. The summed E-state index contributed by atoms with van der Waals surface area (Å²) in [6.45, 7) is 2.43. The maximum Gasteiger partial charge on any atom is 0.337 e. The van der Waals surface area contributed by atoms with Gasteiger partial charge in [0.1, 0.15) is 24.1 Å². The monoisotopic (exact) mass is 474 g/mol. The number of nitrogens with one attached hydrogen (secondary N) is 1. The lowest BCUT2D eigenvalue weighted by atomic mass is 10.1. The number of esters is 1. The van der Waals surface area contributed by atoms with Gasteiger partial charge in [0, 0.05) is 5.69 Å². The van der Waals surface area contributed by atoms with Crippen molar-refractivity contribution in [2.75, 3.05) is 19.0 Å². The van der Waals surface area contributed by atoms with Crippen LogP contribution in [0.25, 0.3) is 6.08 Å². The Kier molecular flexibility index (Phi) is 8.57. The van der Waals surface area contributed by atoms with Crippen molar-refractivity contribution in [3.63, 3.8) is 0 Å². The molecule has 3 aromatic carbocycles. The van der Waals surface area contributed by atoms with Crippen LogP contribution in [-0.2, 0) is 16.1 Å². The molecule has 3 rings (SSSR count). The van der Waals surface area contributed by atoms with E-state index in [-0.39, 0.29) is 18.0 Å². The van der Waals surface area contributed by atoms with Crippen LogP contribution in [0.5, 0.6) is 11.5 Å². The van der Waals surface area contributed by atoms with Crippen LogP contribution in [-0.4, -0.2) is 25.6 Å². The number of amides is 1. The summed E-state index contributed by atoms with van der Waals surface area (Å²) in [6, 6.07) is 19.0. The first-order valence-corrected chi connectivity index (χ1v) is 10.7. The molecular formula is C27H23FN2O5. The molecular weight excluding hydrogens is 451 g/mol. The Bertz CT molecular complexity index is 1260. The highest BCUT2D eigenvalue weighted by molar-refractivity contribution is 6.09. The van der Waals surface area contributed by atoms with Gasteiger partial charge in [0.25, 0.3) is 5.91 Å². The van der Waals surface area contributed by atoms with Gasteiger partial charge in [-0.3, -0.25) is 4.79 Å². The Morgan fingerprint density at radius 2 is 1.71 bits per heavy atom. The fraction of sp³-hybridized carbons (Fsp3) is 0.148. The molecule has 178 valence electrons. The molecule has 7 nitrogen and oxygen atoms in total. The summed E-state index contributed by atoms with van der Waals surface area (Å²) in [5.41, 5.74) is 2.00. The van der Waals surface area contributed by atoms with Crippen molar-refractivity contribution in [3.8, 4) is 17.6 Å². The molecule has 0 heterocycles.